The zero-order valence-corrected chi connectivity index (χ0v) is 23.7. The Morgan fingerprint density at radius 2 is 1.65 bits per heavy atom. The second-order valence-electron chi connectivity index (χ2n) is 10.6. The average Bonchev–Trinajstić information content (AvgIpc) is 2.97. The number of nitrogens with zero attached hydrogens (tertiary/aromatic N) is 2. The highest BCUT2D eigenvalue weighted by molar-refractivity contribution is 5.90. The zero-order chi connectivity index (χ0) is 28.5. The van der Waals surface area contributed by atoms with Crippen molar-refractivity contribution in [3.8, 4) is 5.75 Å². The lowest BCUT2D eigenvalue weighted by atomic mass is 9.78. The summed E-state index contributed by atoms with van der Waals surface area (Å²) >= 11 is 0. The lowest BCUT2D eigenvalue weighted by Gasteiger charge is -2.26. The van der Waals surface area contributed by atoms with Gasteiger partial charge in [-0.25, -0.2) is 9.97 Å². The minimum absolute atomic E-state index is 0.154. The van der Waals surface area contributed by atoms with Crippen molar-refractivity contribution in [3.05, 3.63) is 118 Å². The summed E-state index contributed by atoms with van der Waals surface area (Å²) in [6.07, 6.45) is 5.67. The molecule has 0 amide bonds. The molecule has 0 aliphatic heterocycles. The molecule has 0 saturated heterocycles. The van der Waals surface area contributed by atoms with Gasteiger partial charge in [0.15, 0.2) is 11.6 Å². The highest BCUT2D eigenvalue weighted by Gasteiger charge is 2.23. The van der Waals surface area contributed by atoms with Gasteiger partial charge in [0, 0.05) is 36.3 Å². The molecular formula is C34H37N3O3. The number of carbonyl (C=O) groups is 2. The van der Waals surface area contributed by atoms with Gasteiger partial charge in [0.2, 0.25) is 0 Å². The molecule has 6 heteroatoms. The van der Waals surface area contributed by atoms with Crippen LogP contribution in [0.4, 0.5) is 5.69 Å². The van der Waals surface area contributed by atoms with E-state index in [2.05, 4.69) is 65.5 Å². The van der Waals surface area contributed by atoms with Crippen LogP contribution in [0.25, 0.3) is 0 Å². The van der Waals surface area contributed by atoms with E-state index in [1.54, 1.807) is 12.3 Å². The SMILES string of the molecule is CC(=O)c1nccc(COc2ccc(C(C)(C)c3ccc(CCCCNc4ccc(C)c(C=O)c4)cc3)cc2)n1. The van der Waals surface area contributed by atoms with Crippen LogP contribution in [0.1, 0.15) is 82.5 Å². The molecule has 0 saturated carbocycles. The second kappa shape index (κ2) is 13.2. The summed E-state index contributed by atoms with van der Waals surface area (Å²) in [6, 6.07) is 24.7. The zero-order valence-electron chi connectivity index (χ0n) is 23.7. The van der Waals surface area contributed by atoms with Crippen molar-refractivity contribution in [2.75, 3.05) is 11.9 Å². The molecule has 0 atom stereocenters. The van der Waals surface area contributed by atoms with Crippen LogP contribution in [-0.4, -0.2) is 28.6 Å². The van der Waals surface area contributed by atoms with Gasteiger partial charge in [-0.15, -0.1) is 0 Å². The van der Waals surface area contributed by atoms with Crippen LogP contribution >= 0.6 is 0 Å². The van der Waals surface area contributed by atoms with Gasteiger partial charge in [0.25, 0.3) is 0 Å². The molecular weight excluding hydrogens is 498 g/mol. The first-order valence-corrected chi connectivity index (χ1v) is 13.7. The minimum atomic E-state index is -0.163. The van der Waals surface area contributed by atoms with Crippen LogP contribution in [-0.2, 0) is 18.4 Å². The van der Waals surface area contributed by atoms with Gasteiger partial charge in [0.1, 0.15) is 18.6 Å². The number of benzene rings is 3. The van der Waals surface area contributed by atoms with Gasteiger partial charge in [-0.05, 0) is 78.8 Å². The fourth-order valence-corrected chi connectivity index (χ4v) is 4.59. The number of aldehydes is 1. The van der Waals surface area contributed by atoms with E-state index < -0.39 is 0 Å². The fraction of sp³-hybridized carbons (Fsp3) is 0.294. The Balaban J connectivity index is 1.26. The van der Waals surface area contributed by atoms with Gasteiger partial charge >= 0.3 is 0 Å². The number of Topliss-reactive ketones (excluding diaryl/α,β-unsaturated/α-hetero) is 1. The number of rotatable bonds is 13. The monoisotopic (exact) mass is 535 g/mol. The molecule has 0 fully saturated rings. The molecule has 4 rings (SSSR count). The molecule has 0 aliphatic rings. The van der Waals surface area contributed by atoms with Gasteiger partial charge in [-0.3, -0.25) is 9.59 Å². The van der Waals surface area contributed by atoms with Crippen molar-refractivity contribution in [2.24, 2.45) is 0 Å². The Hall–Kier alpha value is -4.32. The first-order valence-electron chi connectivity index (χ1n) is 13.7. The maximum absolute atomic E-state index is 11.5. The van der Waals surface area contributed by atoms with E-state index in [1.165, 1.54) is 23.6 Å². The summed E-state index contributed by atoms with van der Waals surface area (Å²) in [6.45, 7) is 9.01. The molecule has 1 aromatic heterocycles. The first-order chi connectivity index (χ1) is 19.3. The number of hydrogen-bond donors (Lipinski definition) is 1. The van der Waals surface area contributed by atoms with E-state index in [-0.39, 0.29) is 23.6 Å². The summed E-state index contributed by atoms with van der Waals surface area (Å²) in [4.78, 5) is 30.9. The van der Waals surface area contributed by atoms with Crippen LogP contribution in [0.3, 0.4) is 0 Å². The molecule has 3 aromatic carbocycles. The van der Waals surface area contributed by atoms with Crippen LogP contribution < -0.4 is 10.1 Å². The Morgan fingerprint density at radius 1 is 0.950 bits per heavy atom. The predicted octanol–water partition coefficient (Wildman–Crippen LogP) is 7.14. The molecule has 40 heavy (non-hydrogen) atoms. The summed E-state index contributed by atoms with van der Waals surface area (Å²) in [7, 11) is 0. The van der Waals surface area contributed by atoms with Gasteiger partial charge in [-0.2, -0.15) is 0 Å². The first kappa shape index (κ1) is 28.7. The molecule has 6 nitrogen and oxygen atoms in total. The van der Waals surface area contributed by atoms with Gasteiger partial charge in [0.05, 0.1) is 5.69 Å². The highest BCUT2D eigenvalue weighted by atomic mass is 16.5. The summed E-state index contributed by atoms with van der Waals surface area (Å²) in [5, 5.41) is 3.42. The van der Waals surface area contributed by atoms with Crippen LogP contribution in [0.5, 0.6) is 5.75 Å². The summed E-state index contributed by atoms with van der Waals surface area (Å²) in [5.41, 5.74) is 7.04. The van der Waals surface area contributed by atoms with Gasteiger partial charge in [-0.1, -0.05) is 56.3 Å². The number of carbonyl (C=O) groups excluding carboxylic acids is 2. The summed E-state index contributed by atoms with van der Waals surface area (Å²) < 4.78 is 5.89. The minimum Gasteiger partial charge on any atom is -0.487 e. The number of ether oxygens (including phenoxy) is 1. The van der Waals surface area contributed by atoms with E-state index in [4.69, 9.17) is 4.74 Å². The lowest BCUT2D eigenvalue weighted by Crippen LogP contribution is -2.18. The Morgan fingerprint density at radius 3 is 2.33 bits per heavy atom. The third kappa shape index (κ3) is 7.41. The maximum atomic E-state index is 11.5. The van der Waals surface area contributed by atoms with Crippen molar-refractivity contribution < 1.29 is 14.3 Å². The van der Waals surface area contributed by atoms with E-state index in [9.17, 15) is 9.59 Å². The third-order valence-electron chi connectivity index (χ3n) is 7.29. The van der Waals surface area contributed by atoms with Crippen molar-refractivity contribution in [1.82, 2.24) is 9.97 Å². The molecule has 1 heterocycles. The number of ketones is 1. The Labute approximate surface area is 236 Å². The number of aromatic nitrogens is 2. The van der Waals surface area contributed by atoms with E-state index in [0.717, 1.165) is 54.7 Å². The van der Waals surface area contributed by atoms with Crippen molar-refractivity contribution in [3.63, 3.8) is 0 Å². The van der Waals surface area contributed by atoms with Crippen molar-refractivity contribution >= 4 is 17.8 Å². The number of unbranched alkanes of at least 4 members (excludes halogenated alkanes) is 1. The predicted molar refractivity (Wildman–Crippen MR) is 159 cm³/mol. The highest BCUT2D eigenvalue weighted by Crippen LogP contribution is 2.33. The topological polar surface area (TPSA) is 81.2 Å². The quantitative estimate of drug-likeness (QED) is 0.111. The molecule has 0 radical (unpaired) electrons. The Kier molecular flexibility index (Phi) is 9.43. The maximum Gasteiger partial charge on any atom is 0.196 e. The van der Waals surface area contributed by atoms with Crippen LogP contribution in [0.15, 0.2) is 79.0 Å². The second-order valence-corrected chi connectivity index (χ2v) is 10.6. The molecule has 1 N–H and O–H groups in total. The molecule has 0 bridgehead atoms. The smallest absolute Gasteiger partial charge is 0.196 e. The van der Waals surface area contributed by atoms with Crippen LogP contribution in [0.2, 0.25) is 0 Å². The number of hydrogen-bond acceptors (Lipinski definition) is 6. The molecule has 0 spiro atoms. The van der Waals surface area contributed by atoms with Crippen LogP contribution in [0, 0.1) is 6.92 Å². The Bertz CT molecular complexity index is 1440. The molecule has 0 unspecified atom stereocenters. The standard InChI is InChI=1S/C34H37N3O3/c1-24-8-15-30(21-27(24)22-38)35-19-6-5-7-26-9-11-28(12-10-26)34(3,4)29-13-16-32(17-14-29)40-23-31-18-20-36-33(37-31)25(2)39/h8-18,20-22,35H,5-7,19,23H2,1-4H3. The normalized spacial score (nSPS) is 11.2. The van der Waals surface area contributed by atoms with E-state index in [0.29, 0.717) is 5.69 Å². The summed E-state index contributed by atoms with van der Waals surface area (Å²) in [5.74, 6) is 0.789. The van der Waals surface area contributed by atoms with Crippen molar-refractivity contribution in [2.45, 2.75) is 59.0 Å². The van der Waals surface area contributed by atoms with E-state index in [1.807, 2.05) is 37.3 Å². The van der Waals surface area contributed by atoms with Gasteiger partial charge < -0.3 is 10.1 Å². The molecule has 206 valence electrons. The van der Waals surface area contributed by atoms with Crippen molar-refractivity contribution in [1.29, 1.82) is 0 Å². The fourth-order valence-electron chi connectivity index (χ4n) is 4.59. The number of nitrogens with one attached hydrogen (secondary N) is 1. The number of anilines is 1. The molecule has 0 aliphatic carbocycles. The van der Waals surface area contributed by atoms with E-state index >= 15 is 0 Å². The largest absolute Gasteiger partial charge is 0.487 e. The lowest BCUT2D eigenvalue weighted by molar-refractivity contribution is 0.100. The third-order valence-corrected chi connectivity index (χ3v) is 7.29. The number of aryl methyl sites for hydroxylation is 2. The molecule has 4 aromatic rings. The average molecular weight is 536 g/mol.